The Hall–Kier alpha value is -2.71. The van der Waals surface area contributed by atoms with Gasteiger partial charge in [-0.2, -0.15) is 5.10 Å². The number of hydrogen-bond donors (Lipinski definition) is 0. The summed E-state index contributed by atoms with van der Waals surface area (Å²) in [4.78, 5) is 28.2. The monoisotopic (exact) mass is 429 g/mol. The summed E-state index contributed by atoms with van der Waals surface area (Å²) in [5.41, 5.74) is 1.76. The molecular weight excluding hydrogens is 402 g/mol. The van der Waals surface area contributed by atoms with Crippen LogP contribution in [0.4, 0.5) is 0 Å². The summed E-state index contributed by atoms with van der Waals surface area (Å²) in [5, 5.41) is 8.17. The van der Waals surface area contributed by atoms with Gasteiger partial charge in [0.05, 0.1) is 30.3 Å². The van der Waals surface area contributed by atoms with E-state index in [0.717, 1.165) is 16.2 Å². The second-order valence-corrected chi connectivity index (χ2v) is 7.83. The minimum absolute atomic E-state index is 0.0388. The van der Waals surface area contributed by atoms with Gasteiger partial charge >= 0.3 is 0 Å². The molecule has 1 aliphatic heterocycles. The summed E-state index contributed by atoms with van der Waals surface area (Å²) < 4.78 is 10.6. The van der Waals surface area contributed by atoms with E-state index in [1.807, 2.05) is 41.8 Å². The molecule has 1 aliphatic rings. The van der Waals surface area contributed by atoms with Gasteiger partial charge in [-0.3, -0.25) is 9.59 Å². The molecule has 0 bridgehead atoms. The van der Waals surface area contributed by atoms with Crippen molar-refractivity contribution in [2.24, 2.45) is 5.10 Å². The molecule has 7 nitrogen and oxygen atoms in total. The maximum atomic E-state index is 13.3. The lowest BCUT2D eigenvalue weighted by Crippen LogP contribution is -2.42. The molecule has 2 heterocycles. The SMILES string of the molecule is CCC(=O)N(CCOC)CC(=O)N1N=C(c2cccs2)C[C@@H]1c1ccccc1OC. The number of methoxy groups -OCH3 is 2. The lowest BCUT2D eigenvalue weighted by atomic mass is 10.00. The molecule has 160 valence electrons. The Morgan fingerprint density at radius 3 is 2.70 bits per heavy atom. The molecule has 1 aromatic heterocycles. The molecule has 0 radical (unpaired) electrons. The van der Waals surface area contributed by atoms with Crippen molar-refractivity contribution in [2.75, 3.05) is 33.9 Å². The third-order valence-electron chi connectivity index (χ3n) is 5.02. The van der Waals surface area contributed by atoms with E-state index < -0.39 is 0 Å². The van der Waals surface area contributed by atoms with Gasteiger partial charge in [0, 0.05) is 32.1 Å². The minimum Gasteiger partial charge on any atom is -0.496 e. The van der Waals surface area contributed by atoms with Gasteiger partial charge in [0.15, 0.2) is 0 Å². The van der Waals surface area contributed by atoms with E-state index in [9.17, 15) is 9.59 Å². The van der Waals surface area contributed by atoms with E-state index in [2.05, 4.69) is 5.10 Å². The maximum Gasteiger partial charge on any atom is 0.262 e. The van der Waals surface area contributed by atoms with Crippen LogP contribution in [0.1, 0.15) is 36.2 Å². The molecule has 2 amide bonds. The van der Waals surface area contributed by atoms with Gasteiger partial charge in [-0.25, -0.2) is 5.01 Å². The molecular formula is C22H27N3O4S. The maximum absolute atomic E-state index is 13.3. The summed E-state index contributed by atoms with van der Waals surface area (Å²) in [6.45, 7) is 2.48. The lowest BCUT2D eigenvalue weighted by molar-refractivity contribution is -0.141. The first-order chi connectivity index (χ1) is 14.6. The Balaban J connectivity index is 1.90. The third kappa shape index (κ3) is 4.88. The van der Waals surface area contributed by atoms with Gasteiger partial charge < -0.3 is 14.4 Å². The quantitative estimate of drug-likeness (QED) is 0.613. The molecule has 30 heavy (non-hydrogen) atoms. The molecule has 0 unspecified atom stereocenters. The van der Waals surface area contributed by atoms with E-state index in [-0.39, 0.29) is 24.4 Å². The normalized spacial score (nSPS) is 15.8. The highest BCUT2D eigenvalue weighted by atomic mass is 32.1. The van der Waals surface area contributed by atoms with Gasteiger partial charge in [0.25, 0.3) is 5.91 Å². The summed E-state index contributed by atoms with van der Waals surface area (Å²) in [5.74, 6) is 0.398. The fourth-order valence-electron chi connectivity index (χ4n) is 3.47. The van der Waals surface area contributed by atoms with Crippen molar-refractivity contribution in [1.82, 2.24) is 9.91 Å². The summed E-state index contributed by atoms with van der Waals surface area (Å²) in [6.07, 6.45) is 0.920. The molecule has 0 saturated heterocycles. The van der Waals surface area contributed by atoms with Crippen molar-refractivity contribution in [3.05, 3.63) is 52.2 Å². The second-order valence-electron chi connectivity index (χ2n) is 6.89. The van der Waals surface area contributed by atoms with Crippen LogP contribution in [0.15, 0.2) is 46.9 Å². The zero-order chi connectivity index (χ0) is 21.5. The van der Waals surface area contributed by atoms with E-state index in [1.54, 1.807) is 32.5 Å². The molecule has 3 rings (SSSR count). The topological polar surface area (TPSA) is 71.4 Å². The first-order valence-corrected chi connectivity index (χ1v) is 10.8. The van der Waals surface area contributed by atoms with Crippen LogP contribution in [0, 0.1) is 0 Å². The van der Waals surface area contributed by atoms with Gasteiger partial charge in [-0.1, -0.05) is 31.2 Å². The highest BCUT2D eigenvalue weighted by molar-refractivity contribution is 7.12. The van der Waals surface area contributed by atoms with Crippen LogP contribution in [-0.4, -0.2) is 61.4 Å². The molecule has 8 heteroatoms. The molecule has 0 saturated carbocycles. The number of benzene rings is 1. The molecule has 0 fully saturated rings. The zero-order valence-corrected chi connectivity index (χ0v) is 18.4. The predicted molar refractivity (Wildman–Crippen MR) is 117 cm³/mol. The van der Waals surface area contributed by atoms with Gasteiger partial charge in [-0.15, -0.1) is 11.3 Å². The number of nitrogens with zero attached hydrogens (tertiary/aromatic N) is 3. The first-order valence-electron chi connectivity index (χ1n) is 9.92. The van der Waals surface area contributed by atoms with E-state index in [0.29, 0.717) is 31.7 Å². The molecule has 0 spiro atoms. The van der Waals surface area contributed by atoms with Crippen LogP contribution in [0.5, 0.6) is 5.75 Å². The third-order valence-corrected chi connectivity index (χ3v) is 5.93. The fourth-order valence-corrected chi connectivity index (χ4v) is 4.19. The first kappa shape index (κ1) is 22.0. The average molecular weight is 430 g/mol. The Morgan fingerprint density at radius 1 is 1.23 bits per heavy atom. The fraction of sp³-hybridized carbons (Fsp3) is 0.409. The molecule has 1 atom stereocenters. The number of para-hydroxylation sites is 1. The number of hydrogen-bond acceptors (Lipinski definition) is 6. The van der Waals surface area contributed by atoms with E-state index in [4.69, 9.17) is 9.47 Å². The molecule has 0 aliphatic carbocycles. The highest BCUT2D eigenvalue weighted by Crippen LogP contribution is 2.38. The molecule has 2 aromatic rings. The zero-order valence-electron chi connectivity index (χ0n) is 17.5. The number of carbonyl (C=O) groups excluding carboxylic acids is 2. The number of carbonyl (C=O) groups is 2. The Labute approximate surface area is 180 Å². The lowest BCUT2D eigenvalue weighted by Gasteiger charge is -2.27. The van der Waals surface area contributed by atoms with Crippen molar-refractivity contribution in [2.45, 2.75) is 25.8 Å². The van der Waals surface area contributed by atoms with Crippen LogP contribution in [0.2, 0.25) is 0 Å². The van der Waals surface area contributed by atoms with E-state index >= 15 is 0 Å². The van der Waals surface area contributed by atoms with Crippen molar-refractivity contribution >= 4 is 28.9 Å². The molecule has 1 aromatic carbocycles. The number of hydrazone groups is 1. The second kappa shape index (κ2) is 10.4. The minimum atomic E-state index is -0.285. The summed E-state index contributed by atoms with van der Waals surface area (Å²) >= 11 is 1.59. The van der Waals surface area contributed by atoms with Crippen molar-refractivity contribution in [3.63, 3.8) is 0 Å². The Bertz CT molecular complexity index is 898. The number of thiophene rings is 1. The predicted octanol–water partition coefficient (Wildman–Crippen LogP) is 3.32. The van der Waals surface area contributed by atoms with Gasteiger partial charge in [0.1, 0.15) is 12.3 Å². The Morgan fingerprint density at radius 2 is 2.03 bits per heavy atom. The van der Waals surface area contributed by atoms with Crippen LogP contribution < -0.4 is 4.74 Å². The number of rotatable bonds is 9. The highest BCUT2D eigenvalue weighted by Gasteiger charge is 2.35. The van der Waals surface area contributed by atoms with Crippen LogP contribution >= 0.6 is 11.3 Å². The summed E-state index contributed by atoms with van der Waals surface area (Å²) in [7, 11) is 3.19. The van der Waals surface area contributed by atoms with Gasteiger partial charge in [0.2, 0.25) is 5.91 Å². The number of amides is 2. The van der Waals surface area contributed by atoms with Crippen molar-refractivity contribution in [3.8, 4) is 5.75 Å². The van der Waals surface area contributed by atoms with Crippen molar-refractivity contribution in [1.29, 1.82) is 0 Å². The summed E-state index contributed by atoms with van der Waals surface area (Å²) in [6, 6.07) is 11.3. The van der Waals surface area contributed by atoms with Crippen LogP contribution in [0.25, 0.3) is 0 Å². The van der Waals surface area contributed by atoms with E-state index in [1.165, 1.54) is 9.91 Å². The molecule has 0 N–H and O–H groups in total. The van der Waals surface area contributed by atoms with Crippen LogP contribution in [-0.2, 0) is 14.3 Å². The van der Waals surface area contributed by atoms with Crippen LogP contribution in [0.3, 0.4) is 0 Å². The largest absolute Gasteiger partial charge is 0.496 e. The van der Waals surface area contributed by atoms with Gasteiger partial charge in [-0.05, 0) is 17.5 Å². The number of ether oxygens (including phenoxy) is 2. The standard InChI is InChI=1S/C22H27N3O4S/c1-4-21(26)24(11-12-28-2)15-22(27)25-18(16-8-5-6-9-19(16)29-3)14-17(23-25)20-10-7-13-30-20/h5-10,13,18H,4,11-12,14-15H2,1-3H3/t18-/m1/s1. The average Bonchev–Trinajstić information content (AvgIpc) is 3.45. The Kier molecular flexibility index (Phi) is 7.59. The smallest absolute Gasteiger partial charge is 0.262 e. The van der Waals surface area contributed by atoms with Crippen molar-refractivity contribution < 1.29 is 19.1 Å².